The van der Waals surface area contributed by atoms with Crippen LogP contribution in [-0.4, -0.2) is 99.9 Å². The van der Waals surface area contributed by atoms with E-state index in [4.69, 9.17) is 15.6 Å². The van der Waals surface area contributed by atoms with Crippen molar-refractivity contribution in [3.05, 3.63) is 85.2 Å². The molecule has 3 aromatic carbocycles. The Morgan fingerprint density at radius 2 is 1.39 bits per heavy atom. The number of nitrogens with two attached hydrogens (primary N) is 1. The van der Waals surface area contributed by atoms with Gasteiger partial charge < -0.3 is 25.2 Å². The Bertz CT molecular complexity index is 2130. The summed E-state index contributed by atoms with van der Waals surface area (Å²) >= 11 is 0. The van der Waals surface area contributed by atoms with Gasteiger partial charge in [0.25, 0.3) is 0 Å². The number of anilines is 3. The minimum absolute atomic E-state index is 0.209. The van der Waals surface area contributed by atoms with Gasteiger partial charge in [0.1, 0.15) is 29.3 Å². The molecule has 290 valence electrons. The highest BCUT2D eigenvalue weighted by atomic mass is 16.5. The molecule has 6 heterocycles. The largest absolute Gasteiger partial charge is 0.457 e. The van der Waals surface area contributed by atoms with E-state index in [-0.39, 0.29) is 18.0 Å². The van der Waals surface area contributed by atoms with Crippen LogP contribution in [0, 0.1) is 5.92 Å². The molecular weight excluding hydrogens is 705 g/mol. The standard InChI is InChI=1S/C43H50N10O3/c44-41-39-40(31-6-12-37(13-7-31)56-36-4-2-1-3-5-36)48-53(42(39)46-29-45-41)35-18-25-51(26-19-35)33-16-21-49(22-17-33)28-30-14-23-50(24-15-30)32-8-10-34(11-9-32)52-27-20-38(54)47-43(52)55/h1-13,29-30,33,35H,14-28H2,(H2,44,45,46)(H,47,54,55). The molecule has 13 nitrogen and oxygen atoms in total. The van der Waals surface area contributed by atoms with E-state index in [2.05, 4.69) is 46.8 Å². The van der Waals surface area contributed by atoms with Crippen molar-refractivity contribution in [2.45, 2.75) is 57.0 Å². The number of amides is 3. The number of benzene rings is 3. The van der Waals surface area contributed by atoms with Crippen LogP contribution in [0.4, 0.5) is 22.0 Å². The van der Waals surface area contributed by atoms with Crippen LogP contribution < -0.4 is 25.6 Å². The van der Waals surface area contributed by atoms with Crippen molar-refractivity contribution >= 4 is 40.2 Å². The van der Waals surface area contributed by atoms with E-state index in [9.17, 15) is 9.59 Å². The molecule has 0 bridgehead atoms. The maximum Gasteiger partial charge on any atom is 0.328 e. The van der Waals surface area contributed by atoms with Gasteiger partial charge in [0.05, 0.1) is 11.4 Å². The summed E-state index contributed by atoms with van der Waals surface area (Å²) in [6, 6.07) is 26.5. The fourth-order valence-corrected chi connectivity index (χ4v) is 9.11. The summed E-state index contributed by atoms with van der Waals surface area (Å²) in [5.74, 6) is 2.53. The number of hydrogen-bond acceptors (Lipinski definition) is 10. The zero-order valence-corrected chi connectivity index (χ0v) is 31.8. The maximum absolute atomic E-state index is 12.2. The van der Waals surface area contributed by atoms with E-state index in [1.54, 1.807) is 11.2 Å². The van der Waals surface area contributed by atoms with Gasteiger partial charge in [0.2, 0.25) is 5.91 Å². The number of urea groups is 1. The number of imide groups is 1. The Balaban J connectivity index is 0.749. The number of fused-ring (bicyclic) bond motifs is 1. The lowest BCUT2D eigenvalue weighted by molar-refractivity contribution is -0.120. The third-order valence-electron chi connectivity index (χ3n) is 12.3. The highest BCUT2D eigenvalue weighted by molar-refractivity contribution is 6.05. The molecule has 0 atom stereocenters. The smallest absolute Gasteiger partial charge is 0.328 e. The van der Waals surface area contributed by atoms with Crippen molar-refractivity contribution in [1.82, 2.24) is 34.9 Å². The lowest BCUT2D eigenvalue weighted by Crippen LogP contribution is -2.49. The first kappa shape index (κ1) is 36.1. The minimum Gasteiger partial charge on any atom is -0.457 e. The molecule has 0 saturated carbocycles. The second-order valence-electron chi connectivity index (χ2n) is 15.7. The molecule has 3 amide bonds. The molecule has 13 heteroatoms. The first-order chi connectivity index (χ1) is 27.4. The van der Waals surface area contributed by atoms with Crippen LogP contribution in [0.25, 0.3) is 22.3 Å². The number of ether oxygens (including phenoxy) is 1. The number of carbonyl (C=O) groups is 2. The Hall–Kier alpha value is -5.53. The van der Waals surface area contributed by atoms with Crippen molar-refractivity contribution in [3.8, 4) is 22.8 Å². The van der Waals surface area contributed by atoms with Crippen molar-refractivity contribution in [3.63, 3.8) is 0 Å². The second-order valence-corrected chi connectivity index (χ2v) is 15.7. The van der Waals surface area contributed by atoms with Gasteiger partial charge in [0.15, 0.2) is 5.65 Å². The molecule has 56 heavy (non-hydrogen) atoms. The summed E-state index contributed by atoms with van der Waals surface area (Å²) < 4.78 is 8.13. The van der Waals surface area contributed by atoms with Crippen LogP contribution in [0.15, 0.2) is 85.2 Å². The van der Waals surface area contributed by atoms with E-state index < -0.39 is 0 Å². The maximum atomic E-state index is 12.2. The normalized spacial score (nSPS) is 19.8. The number of carbonyl (C=O) groups excluding carboxylic acids is 2. The van der Waals surface area contributed by atoms with E-state index in [1.165, 1.54) is 51.0 Å². The summed E-state index contributed by atoms with van der Waals surface area (Å²) in [6.45, 7) is 8.16. The second kappa shape index (κ2) is 15.9. The summed E-state index contributed by atoms with van der Waals surface area (Å²) in [6.07, 6.45) is 8.77. The van der Waals surface area contributed by atoms with Gasteiger partial charge in [-0.05, 0) is 118 Å². The first-order valence-corrected chi connectivity index (χ1v) is 20.2. The summed E-state index contributed by atoms with van der Waals surface area (Å²) in [4.78, 5) is 42.3. The highest BCUT2D eigenvalue weighted by Gasteiger charge is 2.32. The van der Waals surface area contributed by atoms with Crippen LogP contribution in [-0.2, 0) is 4.79 Å². The third kappa shape index (κ3) is 7.65. The number of aromatic nitrogens is 4. The SMILES string of the molecule is Nc1ncnc2c1c(-c1ccc(Oc3ccccc3)cc1)nn2C1CCN(C2CCN(CC3CCN(c4ccc(N5CCC(=O)NC5=O)cc4)CC3)CC2)CC1. The van der Waals surface area contributed by atoms with Gasteiger partial charge in [-0.15, -0.1) is 0 Å². The van der Waals surface area contributed by atoms with Crippen LogP contribution in [0.2, 0.25) is 0 Å². The zero-order valence-electron chi connectivity index (χ0n) is 31.8. The van der Waals surface area contributed by atoms with Gasteiger partial charge in [-0.25, -0.2) is 19.4 Å². The Kier molecular flexibility index (Phi) is 10.3. The number of likely N-dealkylation sites (tertiary alicyclic amines) is 2. The number of nitrogens with one attached hydrogen (secondary N) is 1. The topological polar surface area (TPSA) is 138 Å². The average molecular weight is 755 g/mol. The molecule has 3 N–H and O–H groups in total. The molecule has 9 rings (SSSR count). The quantitative estimate of drug-likeness (QED) is 0.176. The van der Waals surface area contributed by atoms with Crippen molar-refractivity contribution in [2.24, 2.45) is 5.92 Å². The van der Waals surface area contributed by atoms with Gasteiger partial charge in [0, 0.05) is 68.7 Å². The zero-order chi connectivity index (χ0) is 38.0. The van der Waals surface area contributed by atoms with Gasteiger partial charge in [-0.1, -0.05) is 18.2 Å². The van der Waals surface area contributed by atoms with Crippen molar-refractivity contribution in [2.75, 3.05) is 67.9 Å². The molecule has 0 radical (unpaired) electrons. The molecular formula is C43H50N10O3. The number of para-hydroxylation sites is 1. The lowest BCUT2D eigenvalue weighted by atomic mass is 9.93. The predicted octanol–water partition coefficient (Wildman–Crippen LogP) is 6.33. The highest BCUT2D eigenvalue weighted by Crippen LogP contribution is 2.36. The summed E-state index contributed by atoms with van der Waals surface area (Å²) in [5, 5.41) is 8.36. The molecule has 2 aromatic heterocycles. The summed E-state index contributed by atoms with van der Waals surface area (Å²) in [5.41, 5.74) is 11.1. The van der Waals surface area contributed by atoms with E-state index >= 15 is 0 Å². The average Bonchev–Trinajstić information content (AvgIpc) is 3.63. The molecule has 0 spiro atoms. The lowest BCUT2D eigenvalue weighted by Gasteiger charge is -2.43. The Morgan fingerprint density at radius 1 is 0.714 bits per heavy atom. The van der Waals surface area contributed by atoms with E-state index in [0.29, 0.717) is 24.8 Å². The number of hydrogen-bond donors (Lipinski definition) is 2. The third-order valence-corrected chi connectivity index (χ3v) is 12.3. The van der Waals surface area contributed by atoms with Gasteiger partial charge in [-0.2, -0.15) is 5.10 Å². The minimum atomic E-state index is -0.339. The van der Waals surface area contributed by atoms with Crippen LogP contribution in [0.3, 0.4) is 0 Å². The predicted molar refractivity (Wildman–Crippen MR) is 218 cm³/mol. The number of nitrogen functional groups attached to an aromatic ring is 1. The van der Waals surface area contributed by atoms with Crippen molar-refractivity contribution in [1.29, 1.82) is 0 Å². The first-order valence-electron chi connectivity index (χ1n) is 20.2. The summed E-state index contributed by atoms with van der Waals surface area (Å²) in [7, 11) is 0. The molecule has 4 aliphatic heterocycles. The molecule has 4 saturated heterocycles. The van der Waals surface area contributed by atoms with Crippen LogP contribution >= 0.6 is 0 Å². The number of rotatable bonds is 9. The fraction of sp³-hybridized carbons (Fsp3) is 0.419. The van der Waals surface area contributed by atoms with Crippen molar-refractivity contribution < 1.29 is 14.3 Å². The van der Waals surface area contributed by atoms with Crippen LogP contribution in [0.5, 0.6) is 11.5 Å². The Morgan fingerprint density at radius 3 is 2.11 bits per heavy atom. The molecule has 5 aromatic rings. The Labute approximate surface area is 327 Å². The number of piperidine rings is 3. The van der Waals surface area contributed by atoms with Gasteiger partial charge >= 0.3 is 6.03 Å². The fourth-order valence-electron chi connectivity index (χ4n) is 9.11. The monoisotopic (exact) mass is 754 g/mol. The van der Waals surface area contributed by atoms with E-state index in [1.807, 2.05) is 66.7 Å². The van der Waals surface area contributed by atoms with Gasteiger partial charge in [-0.3, -0.25) is 15.0 Å². The molecule has 4 aliphatic rings. The van der Waals surface area contributed by atoms with E-state index in [0.717, 1.165) is 84.4 Å². The molecule has 0 aliphatic carbocycles. The van der Waals surface area contributed by atoms with Crippen LogP contribution in [0.1, 0.15) is 51.0 Å². The molecule has 4 fully saturated rings. The molecule has 0 unspecified atom stereocenters. The number of nitrogens with zero attached hydrogens (tertiary/aromatic N) is 8.